The zero-order chi connectivity index (χ0) is 17.1. The van der Waals surface area contributed by atoms with Gasteiger partial charge in [0.25, 0.3) is 0 Å². The first-order valence-corrected chi connectivity index (χ1v) is 8.04. The first-order valence-electron chi connectivity index (χ1n) is 8.04. The largest absolute Gasteiger partial charge is 0.385 e. The summed E-state index contributed by atoms with van der Waals surface area (Å²) in [7, 11) is 0. The molecule has 0 aliphatic carbocycles. The molecule has 0 saturated heterocycles. The minimum absolute atomic E-state index is 0.0801. The van der Waals surface area contributed by atoms with Crippen LogP contribution in [0.25, 0.3) is 11.0 Å². The molecule has 5 heteroatoms. The van der Waals surface area contributed by atoms with Gasteiger partial charge >= 0.3 is 0 Å². The summed E-state index contributed by atoms with van der Waals surface area (Å²) in [6.45, 7) is 3.73. The van der Waals surface area contributed by atoms with Crippen LogP contribution < -0.4 is 5.32 Å². The fraction of sp³-hybridized carbons (Fsp3) is 0.263. The zero-order valence-electron chi connectivity index (χ0n) is 13.8. The molecule has 0 bridgehead atoms. The van der Waals surface area contributed by atoms with Crippen molar-refractivity contribution in [2.24, 2.45) is 0 Å². The van der Waals surface area contributed by atoms with Gasteiger partial charge in [-0.1, -0.05) is 42.5 Å². The van der Waals surface area contributed by atoms with E-state index >= 15 is 0 Å². The smallest absolute Gasteiger partial charge is 0.240 e. The topological polar surface area (TPSA) is 67.2 Å². The van der Waals surface area contributed by atoms with Crippen molar-refractivity contribution in [1.82, 2.24) is 14.9 Å². The average molecular weight is 323 g/mol. The molecule has 0 unspecified atom stereocenters. The highest BCUT2D eigenvalue weighted by Crippen LogP contribution is 2.20. The van der Waals surface area contributed by atoms with Crippen LogP contribution in [0, 0.1) is 0 Å². The molecule has 0 aliphatic heterocycles. The van der Waals surface area contributed by atoms with Gasteiger partial charge in [-0.2, -0.15) is 0 Å². The van der Waals surface area contributed by atoms with E-state index in [4.69, 9.17) is 0 Å². The van der Waals surface area contributed by atoms with E-state index in [0.717, 1.165) is 16.6 Å². The number of para-hydroxylation sites is 2. The quantitative estimate of drug-likeness (QED) is 0.758. The Bertz CT molecular complexity index is 840. The van der Waals surface area contributed by atoms with Crippen molar-refractivity contribution in [3.63, 3.8) is 0 Å². The summed E-state index contributed by atoms with van der Waals surface area (Å²) in [6, 6.07) is 17.3. The number of nitrogens with one attached hydrogen (secondary N) is 1. The van der Waals surface area contributed by atoms with E-state index in [2.05, 4.69) is 10.3 Å². The van der Waals surface area contributed by atoms with E-state index in [1.807, 2.05) is 61.5 Å². The van der Waals surface area contributed by atoms with Crippen LogP contribution in [-0.4, -0.2) is 20.6 Å². The van der Waals surface area contributed by atoms with E-state index in [-0.39, 0.29) is 18.5 Å². The molecule has 0 aliphatic rings. The van der Waals surface area contributed by atoms with Crippen LogP contribution in [0.4, 0.5) is 0 Å². The first-order chi connectivity index (χ1) is 11.6. The SMILES string of the molecule is C[C@H](NC(=O)Cn1c([C@@H](C)O)nc2ccccc21)c1ccccc1. The van der Waals surface area contributed by atoms with Gasteiger partial charge in [-0.05, 0) is 31.5 Å². The number of aromatic nitrogens is 2. The van der Waals surface area contributed by atoms with Gasteiger partial charge in [0.2, 0.25) is 5.91 Å². The number of rotatable bonds is 5. The number of hydrogen-bond acceptors (Lipinski definition) is 3. The summed E-state index contributed by atoms with van der Waals surface area (Å²) in [6.07, 6.45) is -0.739. The summed E-state index contributed by atoms with van der Waals surface area (Å²) < 4.78 is 1.77. The van der Waals surface area contributed by atoms with Crippen LogP contribution in [0.2, 0.25) is 0 Å². The number of nitrogens with zero attached hydrogens (tertiary/aromatic N) is 2. The molecule has 3 aromatic rings. The van der Waals surface area contributed by atoms with Crippen LogP contribution in [0.3, 0.4) is 0 Å². The van der Waals surface area contributed by atoms with Crippen LogP contribution in [0.1, 0.15) is 37.4 Å². The maximum atomic E-state index is 12.5. The highest BCUT2D eigenvalue weighted by molar-refractivity contribution is 5.81. The van der Waals surface area contributed by atoms with Gasteiger partial charge in [0.15, 0.2) is 0 Å². The lowest BCUT2D eigenvalue weighted by Crippen LogP contribution is -2.30. The molecule has 24 heavy (non-hydrogen) atoms. The molecule has 2 N–H and O–H groups in total. The van der Waals surface area contributed by atoms with E-state index in [0.29, 0.717) is 5.82 Å². The van der Waals surface area contributed by atoms with Crippen molar-refractivity contribution in [3.05, 3.63) is 66.0 Å². The number of aliphatic hydroxyl groups is 1. The standard InChI is InChI=1S/C19H21N3O2/c1-13(15-8-4-3-5-9-15)20-18(24)12-22-17-11-7-6-10-16(17)21-19(22)14(2)23/h3-11,13-14,23H,12H2,1-2H3,(H,20,24)/t13-,14+/m0/s1. The Morgan fingerprint density at radius 2 is 1.79 bits per heavy atom. The van der Waals surface area contributed by atoms with E-state index < -0.39 is 6.10 Å². The predicted octanol–water partition coefficient (Wildman–Crippen LogP) is 2.97. The minimum Gasteiger partial charge on any atom is -0.385 e. The Hall–Kier alpha value is -2.66. The second kappa shape index (κ2) is 6.84. The average Bonchev–Trinajstić information content (AvgIpc) is 2.94. The van der Waals surface area contributed by atoms with Crippen LogP contribution in [0.5, 0.6) is 0 Å². The molecular formula is C19H21N3O2. The van der Waals surface area contributed by atoms with Crippen LogP contribution >= 0.6 is 0 Å². The molecular weight excluding hydrogens is 302 g/mol. The van der Waals surface area contributed by atoms with Gasteiger partial charge in [-0.3, -0.25) is 4.79 Å². The number of aliphatic hydroxyl groups excluding tert-OH is 1. The van der Waals surface area contributed by atoms with E-state index in [9.17, 15) is 9.90 Å². The Morgan fingerprint density at radius 1 is 1.12 bits per heavy atom. The minimum atomic E-state index is -0.739. The lowest BCUT2D eigenvalue weighted by molar-refractivity contribution is -0.122. The van der Waals surface area contributed by atoms with E-state index in [1.54, 1.807) is 11.5 Å². The summed E-state index contributed by atoms with van der Waals surface area (Å²) in [5.41, 5.74) is 2.67. The lowest BCUT2D eigenvalue weighted by Gasteiger charge is -2.16. The van der Waals surface area contributed by atoms with Gasteiger partial charge in [0, 0.05) is 0 Å². The molecule has 1 aromatic heterocycles. The molecule has 2 aromatic carbocycles. The molecule has 5 nitrogen and oxygen atoms in total. The van der Waals surface area contributed by atoms with Crippen molar-refractivity contribution in [3.8, 4) is 0 Å². The third kappa shape index (κ3) is 3.31. The predicted molar refractivity (Wildman–Crippen MR) is 93.4 cm³/mol. The normalized spacial score (nSPS) is 13.6. The highest BCUT2D eigenvalue weighted by atomic mass is 16.3. The maximum Gasteiger partial charge on any atom is 0.240 e. The molecule has 0 spiro atoms. The fourth-order valence-electron chi connectivity index (χ4n) is 2.84. The molecule has 2 atom stereocenters. The first kappa shape index (κ1) is 16.2. The molecule has 1 heterocycles. The molecule has 0 radical (unpaired) electrons. The van der Waals surface area contributed by atoms with Crippen molar-refractivity contribution >= 4 is 16.9 Å². The molecule has 3 rings (SSSR count). The monoisotopic (exact) mass is 323 g/mol. The van der Waals surface area contributed by atoms with Gasteiger partial charge in [-0.15, -0.1) is 0 Å². The zero-order valence-corrected chi connectivity index (χ0v) is 13.8. The summed E-state index contributed by atoms with van der Waals surface area (Å²) >= 11 is 0. The van der Waals surface area contributed by atoms with E-state index in [1.165, 1.54) is 0 Å². The summed E-state index contributed by atoms with van der Waals surface area (Å²) in [4.78, 5) is 16.9. The van der Waals surface area contributed by atoms with Gasteiger partial charge < -0.3 is 15.0 Å². The summed E-state index contributed by atoms with van der Waals surface area (Å²) in [5.74, 6) is 0.384. The Balaban J connectivity index is 1.81. The fourth-order valence-corrected chi connectivity index (χ4v) is 2.84. The second-order valence-electron chi connectivity index (χ2n) is 5.92. The number of fused-ring (bicyclic) bond motifs is 1. The number of carbonyl (C=O) groups excluding carboxylic acids is 1. The number of amides is 1. The Labute approximate surface area is 141 Å². The number of imidazole rings is 1. The molecule has 0 fully saturated rings. The third-order valence-electron chi connectivity index (χ3n) is 4.04. The van der Waals surface area contributed by atoms with Crippen LogP contribution in [-0.2, 0) is 11.3 Å². The maximum absolute atomic E-state index is 12.5. The summed E-state index contributed by atoms with van der Waals surface area (Å²) in [5, 5.41) is 13.0. The number of hydrogen-bond donors (Lipinski definition) is 2. The van der Waals surface area contributed by atoms with Crippen LogP contribution in [0.15, 0.2) is 54.6 Å². The Morgan fingerprint density at radius 3 is 2.50 bits per heavy atom. The van der Waals surface area contributed by atoms with Gasteiger partial charge in [0.05, 0.1) is 17.1 Å². The molecule has 124 valence electrons. The van der Waals surface area contributed by atoms with Crippen molar-refractivity contribution in [2.75, 3.05) is 0 Å². The molecule has 0 saturated carbocycles. The van der Waals surface area contributed by atoms with Gasteiger partial charge in [-0.25, -0.2) is 4.98 Å². The van der Waals surface area contributed by atoms with Gasteiger partial charge in [0.1, 0.15) is 18.5 Å². The second-order valence-corrected chi connectivity index (χ2v) is 5.92. The Kier molecular flexibility index (Phi) is 4.62. The third-order valence-corrected chi connectivity index (χ3v) is 4.04. The number of carbonyl (C=O) groups is 1. The highest BCUT2D eigenvalue weighted by Gasteiger charge is 2.17. The van der Waals surface area contributed by atoms with Crippen molar-refractivity contribution in [2.45, 2.75) is 32.5 Å². The number of benzene rings is 2. The van der Waals surface area contributed by atoms with Crippen molar-refractivity contribution in [1.29, 1.82) is 0 Å². The van der Waals surface area contributed by atoms with Crippen molar-refractivity contribution < 1.29 is 9.90 Å². The lowest BCUT2D eigenvalue weighted by atomic mass is 10.1. The molecule has 1 amide bonds.